The Balaban J connectivity index is 1.21. The SMILES string of the molecule is CCCC1CCC(C2CC=C(COc3ccc(OC4CCCC4)c(F)n3)CC2)CC1. The van der Waals surface area contributed by atoms with Gasteiger partial charge in [0.1, 0.15) is 6.61 Å². The second kappa shape index (κ2) is 10.6. The smallest absolute Gasteiger partial charge is 0.258 e. The summed E-state index contributed by atoms with van der Waals surface area (Å²) in [5, 5.41) is 0. The monoisotopic (exact) mass is 415 g/mol. The molecule has 3 aliphatic rings. The van der Waals surface area contributed by atoms with E-state index in [1.807, 2.05) is 0 Å². The Morgan fingerprint density at radius 2 is 1.80 bits per heavy atom. The Bertz CT molecular complexity index is 705. The lowest BCUT2D eigenvalue weighted by Gasteiger charge is -2.35. The number of halogens is 1. The van der Waals surface area contributed by atoms with Crippen molar-refractivity contribution in [3.63, 3.8) is 0 Å². The summed E-state index contributed by atoms with van der Waals surface area (Å²) in [7, 11) is 0. The molecule has 0 saturated heterocycles. The fourth-order valence-corrected chi connectivity index (χ4v) is 5.75. The first kappa shape index (κ1) is 21.6. The van der Waals surface area contributed by atoms with Crippen LogP contribution in [0, 0.1) is 23.7 Å². The third-order valence-electron chi connectivity index (χ3n) is 7.59. The van der Waals surface area contributed by atoms with Crippen LogP contribution in [0.5, 0.6) is 11.6 Å². The summed E-state index contributed by atoms with van der Waals surface area (Å²) in [4.78, 5) is 3.97. The van der Waals surface area contributed by atoms with Crippen molar-refractivity contribution in [3.05, 3.63) is 29.7 Å². The van der Waals surface area contributed by atoms with E-state index < -0.39 is 5.95 Å². The molecule has 4 heteroatoms. The fourth-order valence-electron chi connectivity index (χ4n) is 5.75. The predicted molar refractivity (Wildman–Crippen MR) is 118 cm³/mol. The van der Waals surface area contributed by atoms with Crippen LogP contribution in [0.2, 0.25) is 0 Å². The Labute approximate surface area is 181 Å². The first-order valence-corrected chi connectivity index (χ1v) is 12.3. The zero-order chi connectivity index (χ0) is 20.8. The van der Waals surface area contributed by atoms with E-state index in [2.05, 4.69) is 18.0 Å². The largest absolute Gasteiger partial charge is 0.486 e. The topological polar surface area (TPSA) is 31.4 Å². The van der Waals surface area contributed by atoms with Crippen LogP contribution in [-0.2, 0) is 0 Å². The lowest BCUT2D eigenvalue weighted by atomic mass is 9.71. The molecular formula is C26H38FNO2. The highest BCUT2D eigenvalue weighted by atomic mass is 19.1. The molecule has 4 rings (SSSR count). The van der Waals surface area contributed by atoms with Crippen LogP contribution in [0.1, 0.15) is 90.4 Å². The van der Waals surface area contributed by atoms with Gasteiger partial charge in [-0.3, -0.25) is 0 Å². The van der Waals surface area contributed by atoms with Gasteiger partial charge in [-0.05, 0) is 87.2 Å². The molecule has 0 radical (unpaired) electrons. The molecule has 1 heterocycles. The molecule has 0 bridgehead atoms. The second-order valence-corrected chi connectivity index (χ2v) is 9.72. The fraction of sp³-hybridized carbons (Fsp3) is 0.731. The van der Waals surface area contributed by atoms with Crippen LogP contribution in [0.3, 0.4) is 0 Å². The van der Waals surface area contributed by atoms with E-state index in [4.69, 9.17) is 9.47 Å². The van der Waals surface area contributed by atoms with Crippen molar-refractivity contribution in [2.45, 2.75) is 96.5 Å². The number of aromatic nitrogens is 1. The molecule has 1 atom stereocenters. The highest BCUT2D eigenvalue weighted by molar-refractivity contribution is 5.25. The maximum atomic E-state index is 14.3. The highest BCUT2D eigenvalue weighted by Gasteiger charge is 2.28. The summed E-state index contributed by atoms with van der Waals surface area (Å²) in [5.74, 6) is 2.79. The molecule has 0 N–H and O–H groups in total. The summed E-state index contributed by atoms with van der Waals surface area (Å²) in [6.07, 6.45) is 18.9. The molecule has 0 aliphatic heterocycles. The van der Waals surface area contributed by atoms with Crippen molar-refractivity contribution in [2.24, 2.45) is 17.8 Å². The highest BCUT2D eigenvalue weighted by Crippen LogP contribution is 2.40. The molecule has 2 fully saturated rings. The van der Waals surface area contributed by atoms with Gasteiger partial charge in [0.25, 0.3) is 5.95 Å². The van der Waals surface area contributed by atoms with Gasteiger partial charge in [0.2, 0.25) is 5.88 Å². The molecule has 3 aliphatic carbocycles. The lowest BCUT2D eigenvalue weighted by Crippen LogP contribution is -2.23. The Kier molecular flexibility index (Phi) is 7.67. The zero-order valence-electron chi connectivity index (χ0n) is 18.6. The minimum absolute atomic E-state index is 0.134. The van der Waals surface area contributed by atoms with Gasteiger partial charge in [0, 0.05) is 6.07 Å². The summed E-state index contributed by atoms with van der Waals surface area (Å²) < 4.78 is 25.8. The molecule has 30 heavy (non-hydrogen) atoms. The van der Waals surface area contributed by atoms with Crippen molar-refractivity contribution in [1.29, 1.82) is 0 Å². The summed E-state index contributed by atoms with van der Waals surface area (Å²) in [6, 6.07) is 3.39. The molecule has 166 valence electrons. The van der Waals surface area contributed by atoms with E-state index >= 15 is 0 Å². The molecule has 3 nitrogen and oxygen atoms in total. The molecule has 0 amide bonds. The van der Waals surface area contributed by atoms with E-state index in [0.29, 0.717) is 12.5 Å². The number of nitrogens with zero attached hydrogens (tertiary/aromatic N) is 1. The van der Waals surface area contributed by atoms with Gasteiger partial charge < -0.3 is 9.47 Å². The van der Waals surface area contributed by atoms with Gasteiger partial charge in [-0.15, -0.1) is 0 Å². The van der Waals surface area contributed by atoms with Crippen molar-refractivity contribution >= 4 is 0 Å². The number of allylic oxidation sites excluding steroid dienone is 1. The lowest BCUT2D eigenvalue weighted by molar-refractivity contribution is 0.184. The molecular weight excluding hydrogens is 377 g/mol. The van der Waals surface area contributed by atoms with Crippen molar-refractivity contribution < 1.29 is 13.9 Å². The van der Waals surface area contributed by atoms with E-state index in [-0.39, 0.29) is 11.9 Å². The van der Waals surface area contributed by atoms with Crippen molar-refractivity contribution in [3.8, 4) is 11.6 Å². The molecule has 0 spiro atoms. The molecule has 2 saturated carbocycles. The standard InChI is InChI=1S/C26H38FNO2/c1-2-5-19-8-12-21(13-9-19)22-14-10-20(11-15-22)18-29-25-17-16-24(26(27)28-25)30-23-6-3-4-7-23/h10,16-17,19,21-23H,2-9,11-15,18H2,1H3. The van der Waals surface area contributed by atoms with Crippen LogP contribution in [0.4, 0.5) is 4.39 Å². The van der Waals surface area contributed by atoms with E-state index in [9.17, 15) is 4.39 Å². The predicted octanol–water partition coefficient (Wildman–Crippen LogP) is 7.25. The second-order valence-electron chi connectivity index (χ2n) is 9.72. The maximum absolute atomic E-state index is 14.3. The third kappa shape index (κ3) is 5.76. The third-order valence-corrected chi connectivity index (χ3v) is 7.59. The van der Waals surface area contributed by atoms with Crippen molar-refractivity contribution in [2.75, 3.05) is 6.61 Å². The molecule has 1 aromatic rings. The van der Waals surface area contributed by atoms with Gasteiger partial charge in [-0.2, -0.15) is 9.37 Å². The minimum Gasteiger partial charge on any atom is -0.486 e. The maximum Gasteiger partial charge on any atom is 0.258 e. The quantitative estimate of drug-likeness (QED) is 0.331. The van der Waals surface area contributed by atoms with E-state index in [0.717, 1.165) is 49.9 Å². The molecule has 1 unspecified atom stereocenters. The van der Waals surface area contributed by atoms with E-state index in [1.165, 1.54) is 56.9 Å². The van der Waals surface area contributed by atoms with Crippen LogP contribution in [0.15, 0.2) is 23.8 Å². The van der Waals surface area contributed by atoms with Crippen LogP contribution in [0.25, 0.3) is 0 Å². The first-order chi connectivity index (χ1) is 14.7. The normalized spacial score (nSPS) is 27.7. The first-order valence-electron chi connectivity index (χ1n) is 12.3. The van der Waals surface area contributed by atoms with Gasteiger partial charge in [-0.1, -0.05) is 38.7 Å². The van der Waals surface area contributed by atoms with Crippen LogP contribution in [-0.4, -0.2) is 17.7 Å². The number of pyridine rings is 1. The van der Waals surface area contributed by atoms with Gasteiger partial charge in [-0.25, -0.2) is 0 Å². The van der Waals surface area contributed by atoms with Gasteiger partial charge in [0.05, 0.1) is 6.10 Å². The average Bonchev–Trinajstić information content (AvgIpc) is 3.28. The molecule has 1 aromatic heterocycles. The number of hydrogen-bond acceptors (Lipinski definition) is 3. The van der Waals surface area contributed by atoms with Crippen LogP contribution >= 0.6 is 0 Å². The molecule has 0 aromatic carbocycles. The Hall–Kier alpha value is -1.58. The van der Waals surface area contributed by atoms with Crippen LogP contribution < -0.4 is 9.47 Å². The minimum atomic E-state index is -0.559. The number of hydrogen-bond donors (Lipinski definition) is 0. The summed E-state index contributed by atoms with van der Waals surface area (Å²) >= 11 is 0. The average molecular weight is 416 g/mol. The summed E-state index contributed by atoms with van der Waals surface area (Å²) in [5.41, 5.74) is 1.33. The van der Waals surface area contributed by atoms with Crippen molar-refractivity contribution in [1.82, 2.24) is 4.98 Å². The Morgan fingerprint density at radius 1 is 1.00 bits per heavy atom. The number of ether oxygens (including phenoxy) is 2. The van der Waals surface area contributed by atoms with Gasteiger partial charge in [0.15, 0.2) is 5.75 Å². The Morgan fingerprint density at radius 3 is 2.47 bits per heavy atom. The van der Waals surface area contributed by atoms with Gasteiger partial charge >= 0.3 is 0 Å². The summed E-state index contributed by atoms with van der Waals surface area (Å²) in [6.45, 7) is 2.83. The number of rotatable bonds is 8. The zero-order valence-corrected chi connectivity index (χ0v) is 18.6. The van der Waals surface area contributed by atoms with E-state index in [1.54, 1.807) is 12.1 Å².